The van der Waals surface area contributed by atoms with Crippen molar-refractivity contribution in [2.75, 3.05) is 6.54 Å². The highest BCUT2D eigenvalue weighted by Crippen LogP contribution is 2.25. The number of amides is 1. The Labute approximate surface area is 188 Å². The van der Waals surface area contributed by atoms with Crippen molar-refractivity contribution >= 4 is 16.9 Å². The van der Waals surface area contributed by atoms with Gasteiger partial charge in [-0.1, -0.05) is 36.8 Å². The molecule has 5 heteroatoms. The van der Waals surface area contributed by atoms with Crippen LogP contribution < -0.4 is 0 Å². The molecule has 0 atom stereocenters. The molecule has 0 aliphatic carbocycles. The van der Waals surface area contributed by atoms with Crippen LogP contribution in [0.5, 0.6) is 0 Å². The lowest BCUT2D eigenvalue weighted by atomic mass is 9.98. The minimum atomic E-state index is -0.284. The number of nitrogens with zero attached hydrogens (tertiary/aromatic N) is 3. The van der Waals surface area contributed by atoms with Gasteiger partial charge in [-0.25, -0.2) is 9.37 Å². The van der Waals surface area contributed by atoms with E-state index in [2.05, 4.69) is 19.1 Å². The molecule has 4 nitrogen and oxygen atoms in total. The quantitative estimate of drug-likeness (QED) is 0.369. The van der Waals surface area contributed by atoms with E-state index in [1.165, 1.54) is 12.1 Å². The minimum absolute atomic E-state index is 0.0135. The largest absolute Gasteiger partial charge is 0.331 e. The molecular formula is C27H28FN3O. The molecule has 4 rings (SSSR count). The number of aryl methyl sites for hydroxylation is 3. The zero-order valence-electron chi connectivity index (χ0n) is 19.0. The van der Waals surface area contributed by atoms with E-state index < -0.39 is 0 Å². The second-order valence-corrected chi connectivity index (χ2v) is 8.33. The maximum absolute atomic E-state index is 13.6. The Bertz CT molecular complexity index is 1250. The number of aromatic nitrogens is 2. The molecule has 1 amide bonds. The number of fused-ring (bicyclic) bond motifs is 1. The number of carbonyl (C=O) groups excluding carboxylic acids is 1. The van der Waals surface area contributed by atoms with Gasteiger partial charge in [0.2, 0.25) is 0 Å². The molecule has 0 fully saturated rings. The third-order valence-corrected chi connectivity index (χ3v) is 5.72. The van der Waals surface area contributed by atoms with Gasteiger partial charge in [-0.3, -0.25) is 9.36 Å². The number of para-hydroxylation sites is 2. The summed E-state index contributed by atoms with van der Waals surface area (Å²) >= 11 is 0. The molecule has 3 aromatic carbocycles. The fourth-order valence-corrected chi connectivity index (χ4v) is 4.43. The average Bonchev–Trinajstić information content (AvgIpc) is 3.11. The van der Waals surface area contributed by atoms with E-state index in [4.69, 9.17) is 4.98 Å². The van der Waals surface area contributed by atoms with Crippen molar-refractivity contribution in [3.63, 3.8) is 0 Å². The topological polar surface area (TPSA) is 38.1 Å². The Balaban J connectivity index is 1.79. The van der Waals surface area contributed by atoms with Crippen LogP contribution in [0.15, 0.2) is 60.7 Å². The first kappa shape index (κ1) is 21.8. The van der Waals surface area contributed by atoms with Crippen molar-refractivity contribution in [1.82, 2.24) is 14.5 Å². The van der Waals surface area contributed by atoms with Crippen molar-refractivity contribution in [3.05, 3.63) is 94.6 Å². The number of hydrogen-bond acceptors (Lipinski definition) is 2. The summed E-state index contributed by atoms with van der Waals surface area (Å²) in [7, 11) is 0. The van der Waals surface area contributed by atoms with Crippen molar-refractivity contribution in [1.29, 1.82) is 0 Å². The van der Waals surface area contributed by atoms with Gasteiger partial charge in [-0.15, -0.1) is 0 Å². The molecule has 0 bridgehead atoms. The smallest absolute Gasteiger partial charge is 0.254 e. The van der Waals surface area contributed by atoms with Gasteiger partial charge in [0.05, 0.1) is 17.6 Å². The minimum Gasteiger partial charge on any atom is -0.331 e. The Kier molecular flexibility index (Phi) is 6.08. The number of halogens is 1. The zero-order chi connectivity index (χ0) is 22.8. The molecule has 164 valence electrons. The first-order valence-electron chi connectivity index (χ1n) is 11.0. The molecule has 32 heavy (non-hydrogen) atoms. The van der Waals surface area contributed by atoms with Gasteiger partial charge >= 0.3 is 0 Å². The lowest BCUT2D eigenvalue weighted by Gasteiger charge is -2.24. The fourth-order valence-electron chi connectivity index (χ4n) is 4.43. The lowest BCUT2D eigenvalue weighted by Crippen LogP contribution is -2.33. The normalized spacial score (nSPS) is 11.2. The maximum atomic E-state index is 13.6. The number of carbonyl (C=O) groups is 1. The van der Waals surface area contributed by atoms with Crippen LogP contribution in [0.1, 0.15) is 46.2 Å². The van der Waals surface area contributed by atoms with Crippen LogP contribution in [-0.4, -0.2) is 26.9 Å². The highest BCUT2D eigenvalue weighted by molar-refractivity contribution is 5.97. The second-order valence-electron chi connectivity index (χ2n) is 8.33. The van der Waals surface area contributed by atoms with Crippen molar-refractivity contribution in [2.24, 2.45) is 0 Å². The Morgan fingerprint density at radius 1 is 1.00 bits per heavy atom. The first-order valence-corrected chi connectivity index (χ1v) is 11.0. The van der Waals surface area contributed by atoms with E-state index in [1.807, 2.05) is 54.5 Å². The summed E-state index contributed by atoms with van der Waals surface area (Å²) < 4.78 is 15.6. The summed E-state index contributed by atoms with van der Waals surface area (Å²) in [6.07, 6.45) is 0.840. The molecule has 0 saturated carbocycles. The highest BCUT2D eigenvalue weighted by Gasteiger charge is 2.23. The maximum Gasteiger partial charge on any atom is 0.254 e. The van der Waals surface area contributed by atoms with Crippen LogP contribution >= 0.6 is 0 Å². The molecule has 0 radical (unpaired) electrons. The van der Waals surface area contributed by atoms with Crippen LogP contribution in [0, 0.1) is 26.6 Å². The predicted octanol–water partition coefficient (Wildman–Crippen LogP) is 6.14. The van der Waals surface area contributed by atoms with Crippen LogP contribution in [0.2, 0.25) is 0 Å². The average molecular weight is 430 g/mol. The molecule has 0 N–H and O–H groups in total. The Morgan fingerprint density at radius 2 is 1.66 bits per heavy atom. The van der Waals surface area contributed by atoms with E-state index >= 15 is 0 Å². The van der Waals surface area contributed by atoms with Gasteiger partial charge in [0.1, 0.15) is 11.6 Å². The molecule has 0 saturated heterocycles. The molecule has 4 aromatic rings. The van der Waals surface area contributed by atoms with Gasteiger partial charge in [0.15, 0.2) is 0 Å². The number of imidazole rings is 1. The second kappa shape index (κ2) is 8.95. The van der Waals surface area contributed by atoms with Crippen molar-refractivity contribution in [2.45, 2.75) is 40.7 Å². The van der Waals surface area contributed by atoms with Crippen LogP contribution in [-0.2, 0) is 6.54 Å². The summed E-state index contributed by atoms with van der Waals surface area (Å²) in [5.74, 6) is 0.481. The summed E-state index contributed by atoms with van der Waals surface area (Å²) in [6, 6.07) is 18.3. The van der Waals surface area contributed by atoms with Crippen LogP contribution in [0.4, 0.5) is 4.39 Å². The Hall–Kier alpha value is -3.47. The number of hydrogen-bond donors (Lipinski definition) is 0. The van der Waals surface area contributed by atoms with Gasteiger partial charge < -0.3 is 4.90 Å². The van der Waals surface area contributed by atoms with Gasteiger partial charge in [0, 0.05) is 17.8 Å². The molecule has 0 spiro atoms. The summed E-state index contributed by atoms with van der Waals surface area (Å²) in [5.41, 5.74) is 6.48. The molecule has 1 aromatic heterocycles. The summed E-state index contributed by atoms with van der Waals surface area (Å²) in [4.78, 5) is 20.3. The SMILES string of the molecule is CCCN(Cc1nc2ccccc2n1-c1ccc(F)cc1)C(=O)c1c(C)cc(C)cc1C. The lowest BCUT2D eigenvalue weighted by molar-refractivity contribution is 0.0737. The molecular weight excluding hydrogens is 401 g/mol. The van der Waals surface area contributed by atoms with Crippen molar-refractivity contribution < 1.29 is 9.18 Å². The van der Waals surface area contributed by atoms with Crippen molar-refractivity contribution in [3.8, 4) is 5.69 Å². The van der Waals surface area contributed by atoms with E-state index in [9.17, 15) is 9.18 Å². The van der Waals surface area contributed by atoms with E-state index in [1.54, 1.807) is 12.1 Å². The van der Waals surface area contributed by atoms with Crippen LogP contribution in [0.25, 0.3) is 16.7 Å². The van der Waals surface area contributed by atoms with E-state index in [0.29, 0.717) is 13.1 Å². The van der Waals surface area contributed by atoms with Gasteiger partial charge in [-0.05, 0) is 74.7 Å². The number of rotatable bonds is 6. The molecule has 0 aliphatic heterocycles. The molecule has 1 heterocycles. The Morgan fingerprint density at radius 3 is 2.31 bits per heavy atom. The van der Waals surface area contributed by atoms with E-state index in [-0.39, 0.29) is 11.7 Å². The van der Waals surface area contributed by atoms with Gasteiger partial charge in [0.25, 0.3) is 5.91 Å². The van der Waals surface area contributed by atoms with E-state index in [0.717, 1.165) is 51.2 Å². The standard InChI is InChI=1S/C27H28FN3O/c1-5-14-30(27(32)26-19(3)15-18(2)16-20(26)4)17-25-29-23-8-6-7-9-24(23)31(25)22-12-10-21(28)11-13-22/h6-13,15-16H,5,14,17H2,1-4H3. The molecule has 0 unspecified atom stereocenters. The first-order chi connectivity index (χ1) is 15.4. The molecule has 0 aliphatic rings. The van der Waals surface area contributed by atoms with Gasteiger partial charge in [-0.2, -0.15) is 0 Å². The monoisotopic (exact) mass is 429 g/mol. The predicted molar refractivity (Wildman–Crippen MR) is 127 cm³/mol. The van der Waals surface area contributed by atoms with Crippen LogP contribution in [0.3, 0.4) is 0 Å². The summed E-state index contributed by atoms with van der Waals surface area (Å²) in [5, 5.41) is 0. The zero-order valence-corrected chi connectivity index (χ0v) is 19.0. The third kappa shape index (κ3) is 4.15. The highest BCUT2D eigenvalue weighted by atomic mass is 19.1. The third-order valence-electron chi connectivity index (χ3n) is 5.72. The number of benzene rings is 3. The fraction of sp³-hybridized carbons (Fsp3) is 0.259. The summed E-state index contributed by atoms with van der Waals surface area (Å²) in [6.45, 7) is 9.08.